The number of benzene rings is 1. The first-order valence-electron chi connectivity index (χ1n) is 5.50. The SMILES string of the molecule is CN(C)C(CO)C(C)(CO)c1ccccc1. The maximum Gasteiger partial charge on any atom is 0.0596 e. The van der Waals surface area contributed by atoms with E-state index in [9.17, 15) is 10.2 Å². The largest absolute Gasteiger partial charge is 0.395 e. The molecule has 0 fully saturated rings. The zero-order chi connectivity index (χ0) is 12.2. The first-order chi connectivity index (χ1) is 7.56. The van der Waals surface area contributed by atoms with E-state index in [0.29, 0.717) is 0 Å². The van der Waals surface area contributed by atoms with Crippen LogP contribution in [-0.4, -0.2) is 48.5 Å². The van der Waals surface area contributed by atoms with Crippen LogP contribution in [0.15, 0.2) is 30.3 Å². The van der Waals surface area contributed by atoms with E-state index in [1.165, 1.54) is 0 Å². The van der Waals surface area contributed by atoms with Crippen molar-refractivity contribution in [1.82, 2.24) is 4.90 Å². The molecule has 90 valence electrons. The lowest BCUT2D eigenvalue weighted by molar-refractivity contribution is 0.0664. The Bertz CT molecular complexity index is 313. The number of hydrogen-bond donors (Lipinski definition) is 2. The molecule has 0 amide bonds. The molecule has 3 heteroatoms. The van der Waals surface area contributed by atoms with Gasteiger partial charge >= 0.3 is 0 Å². The molecular weight excluding hydrogens is 202 g/mol. The van der Waals surface area contributed by atoms with Crippen LogP contribution in [0.25, 0.3) is 0 Å². The van der Waals surface area contributed by atoms with Gasteiger partial charge < -0.3 is 15.1 Å². The molecule has 2 N–H and O–H groups in total. The van der Waals surface area contributed by atoms with Gasteiger partial charge in [-0.05, 0) is 19.7 Å². The molecule has 2 atom stereocenters. The second kappa shape index (κ2) is 5.43. The van der Waals surface area contributed by atoms with Gasteiger partial charge in [0.1, 0.15) is 0 Å². The third-order valence-electron chi connectivity index (χ3n) is 3.29. The molecule has 0 saturated heterocycles. The van der Waals surface area contributed by atoms with Crippen molar-refractivity contribution in [1.29, 1.82) is 0 Å². The molecule has 3 nitrogen and oxygen atoms in total. The third kappa shape index (κ3) is 2.43. The van der Waals surface area contributed by atoms with Gasteiger partial charge in [0.15, 0.2) is 0 Å². The highest BCUT2D eigenvalue weighted by atomic mass is 16.3. The van der Waals surface area contributed by atoms with Gasteiger partial charge in [0.05, 0.1) is 13.2 Å². The van der Waals surface area contributed by atoms with E-state index in [0.717, 1.165) is 5.56 Å². The second-order valence-corrected chi connectivity index (χ2v) is 4.60. The van der Waals surface area contributed by atoms with Crippen molar-refractivity contribution in [3.05, 3.63) is 35.9 Å². The minimum absolute atomic E-state index is 0.0143. The van der Waals surface area contributed by atoms with Crippen LogP contribution in [0.4, 0.5) is 0 Å². The molecule has 2 unspecified atom stereocenters. The number of aliphatic hydroxyl groups excluding tert-OH is 2. The van der Waals surface area contributed by atoms with E-state index in [-0.39, 0.29) is 19.3 Å². The summed E-state index contributed by atoms with van der Waals surface area (Å²) >= 11 is 0. The van der Waals surface area contributed by atoms with Gasteiger partial charge in [-0.2, -0.15) is 0 Å². The van der Waals surface area contributed by atoms with Crippen LogP contribution in [0.2, 0.25) is 0 Å². The minimum atomic E-state index is -0.445. The highest BCUT2D eigenvalue weighted by Crippen LogP contribution is 2.29. The van der Waals surface area contributed by atoms with E-state index in [1.54, 1.807) is 0 Å². The summed E-state index contributed by atoms with van der Waals surface area (Å²) in [5.41, 5.74) is 0.602. The summed E-state index contributed by atoms with van der Waals surface area (Å²) < 4.78 is 0. The zero-order valence-corrected chi connectivity index (χ0v) is 10.2. The molecule has 0 aliphatic carbocycles. The van der Waals surface area contributed by atoms with Crippen molar-refractivity contribution in [2.45, 2.75) is 18.4 Å². The van der Waals surface area contributed by atoms with Gasteiger partial charge in [0, 0.05) is 11.5 Å². The molecule has 0 heterocycles. The van der Waals surface area contributed by atoms with E-state index in [4.69, 9.17) is 0 Å². The summed E-state index contributed by atoms with van der Waals surface area (Å²) in [6.45, 7) is 2.02. The third-order valence-corrected chi connectivity index (χ3v) is 3.29. The van der Waals surface area contributed by atoms with Crippen molar-refractivity contribution in [3.8, 4) is 0 Å². The Morgan fingerprint density at radius 3 is 2.12 bits per heavy atom. The Hall–Kier alpha value is -0.900. The summed E-state index contributed by atoms with van der Waals surface area (Å²) in [7, 11) is 3.83. The van der Waals surface area contributed by atoms with E-state index in [1.807, 2.05) is 56.3 Å². The molecule has 0 aromatic heterocycles. The number of rotatable bonds is 5. The molecule has 16 heavy (non-hydrogen) atoms. The predicted octanol–water partition coefficient (Wildman–Crippen LogP) is 0.859. The van der Waals surface area contributed by atoms with Crippen LogP contribution < -0.4 is 0 Å². The lowest BCUT2D eigenvalue weighted by Gasteiger charge is -2.39. The van der Waals surface area contributed by atoms with Gasteiger partial charge in [-0.3, -0.25) is 0 Å². The Kier molecular flexibility index (Phi) is 4.47. The Morgan fingerprint density at radius 2 is 1.75 bits per heavy atom. The summed E-state index contributed by atoms with van der Waals surface area (Å²) in [5.74, 6) is 0. The summed E-state index contributed by atoms with van der Waals surface area (Å²) in [4.78, 5) is 1.95. The van der Waals surface area contributed by atoms with E-state index >= 15 is 0 Å². The molecule has 1 rings (SSSR count). The Labute approximate surface area is 97.3 Å². The van der Waals surface area contributed by atoms with Crippen LogP contribution in [0.5, 0.6) is 0 Å². The maximum atomic E-state index is 9.65. The van der Waals surface area contributed by atoms with Gasteiger partial charge in [0.25, 0.3) is 0 Å². The first kappa shape index (κ1) is 13.2. The molecule has 1 aromatic carbocycles. The van der Waals surface area contributed by atoms with Gasteiger partial charge in [-0.15, -0.1) is 0 Å². The molecular formula is C13H21NO2. The molecule has 0 spiro atoms. The smallest absolute Gasteiger partial charge is 0.0596 e. The van der Waals surface area contributed by atoms with Crippen molar-refractivity contribution in [2.75, 3.05) is 27.3 Å². The Balaban J connectivity index is 3.10. The quantitative estimate of drug-likeness (QED) is 0.778. The maximum absolute atomic E-state index is 9.65. The topological polar surface area (TPSA) is 43.7 Å². The van der Waals surface area contributed by atoms with Crippen LogP contribution >= 0.6 is 0 Å². The summed E-state index contributed by atoms with van der Waals surface area (Å²) in [6, 6.07) is 9.73. The van der Waals surface area contributed by atoms with E-state index < -0.39 is 5.41 Å². The average molecular weight is 223 g/mol. The van der Waals surface area contributed by atoms with Crippen molar-refractivity contribution in [2.24, 2.45) is 0 Å². The van der Waals surface area contributed by atoms with Gasteiger partial charge in [-0.25, -0.2) is 0 Å². The van der Waals surface area contributed by atoms with Crippen LogP contribution in [-0.2, 0) is 5.41 Å². The van der Waals surface area contributed by atoms with Crippen molar-refractivity contribution in [3.63, 3.8) is 0 Å². The highest BCUT2D eigenvalue weighted by molar-refractivity contribution is 5.27. The normalized spacial score (nSPS) is 17.1. The standard InChI is InChI=1S/C13H21NO2/c1-13(10-16,12(9-15)14(2)3)11-7-5-4-6-8-11/h4-8,12,15-16H,9-10H2,1-3H3. The minimum Gasteiger partial charge on any atom is -0.395 e. The van der Waals surface area contributed by atoms with Gasteiger partial charge in [-0.1, -0.05) is 37.3 Å². The van der Waals surface area contributed by atoms with E-state index in [2.05, 4.69) is 0 Å². The second-order valence-electron chi connectivity index (χ2n) is 4.60. The summed E-state index contributed by atoms with van der Waals surface area (Å²) in [5, 5.41) is 19.1. The van der Waals surface area contributed by atoms with Crippen LogP contribution in [0.1, 0.15) is 12.5 Å². The molecule has 0 aliphatic rings. The molecule has 0 saturated carbocycles. The number of hydrogen-bond acceptors (Lipinski definition) is 3. The fraction of sp³-hybridized carbons (Fsp3) is 0.538. The summed E-state index contributed by atoms with van der Waals surface area (Å²) in [6.07, 6.45) is 0. The predicted molar refractivity (Wildman–Crippen MR) is 65.4 cm³/mol. The highest BCUT2D eigenvalue weighted by Gasteiger charge is 2.36. The monoisotopic (exact) mass is 223 g/mol. The Morgan fingerprint density at radius 1 is 1.19 bits per heavy atom. The van der Waals surface area contributed by atoms with Crippen LogP contribution in [0, 0.1) is 0 Å². The molecule has 1 aromatic rings. The number of nitrogens with zero attached hydrogens (tertiary/aromatic N) is 1. The molecule has 0 bridgehead atoms. The molecule has 0 aliphatic heterocycles. The fourth-order valence-corrected chi connectivity index (χ4v) is 2.14. The number of likely N-dealkylation sites (N-methyl/N-ethyl adjacent to an activating group) is 1. The molecule has 0 radical (unpaired) electrons. The lowest BCUT2D eigenvalue weighted by atomic mass is 9.76. The fourth-order valence-electron chi connectivity index (χ4n) is 2.14. The average Bonchev–Trinajstić information content (AvgIpc) is 2.30. The lowest BCUT2D eigenvalue weighted by Crippen LogP contribution is -2.50. The zero-order valence-electron chi connectivity index (χ0n) is 10.2. The van der Waals surface area contributed by atoms with Crippen molar-refractivity contribution >= 4 is 0 Å². The number of aliphatic hydroxyl groups is 2. The van der Waals surface area contributed by atoms with Gasteiger partial charge in [0.2, 0.25) is 0 Å². The first-order valence-corrected chi connectivity index (χ1v) is 5.50. The van der Waals surface area contributed by atoms with Crippen molar-refractivity contribution < 1.29 is 10.2 Å². The van der Waals surface area contributed by atoms with Crippen LogP contribution in [0.3, 0.4) is 0 Å².